The average molecular weight is 252 g/mol. The highest BCUT2D eigenvalue weighted by atomic mass is 19.1. The van der Waals surface area contributed by atoms with Crippen LogP contribution in [0.25, 0.3) is 0 Å². The molecule has 18 heavy (non-hydrogen) atoms. The number of nitrogens with one attached hydrogen (secondary N) is 1. The van der Waals surface area contributed by atoms with Gasteiger partial charge in [0.2, 0.25) is 11.8 Å². The fourth-order valence-corrected chi connectivity index (χ4v) is 1.64. The summed E-state index contributed by atoms with van der Waals surface area (Å²) in [7, 11) is 0. The van der Waals surface area contributed by atoms with Crippen LogP contribution in [0.3, 0.4) is 0 Å². The van der Waals surface area contributed by atoms with Crippen LogP contribution in [0.4, 0.5) is 4.39 Å². The zero-order valence-corrected chi connectivity index (χ0v) is 9.14. The fraction of sp³-hybridized carbons (Fsp3) is 0.182. The highest BCUT2D eigenvalue weighted by Gasteiger charge is 2.28. The van der Waals surface area contributed by atoms with Crippen LogP contribution in [0.1, 0.15) is 10.4 Å². The number of hydrogen-bond donors (Lipinski definition) is 2. The van der Waals surface area contributed by atoms with E-state index >= 15 is 0 Å². The summed E-state index contributed by atoms with van der Waals surface area (Å²) < 4.78 is 12.8. The maximum Gasteiger partial charge on any atom is 0.258 e. The minimum atomic E-state index is -0.698. The van der Waals surface area contributed by atoms with Crippen LogP contribution in [-0.4, -0.2) is 40.8 Å². The first-order valence-corrected chi connectivity index (χ1v) is 5.08. The molecule has 3 amide bonds. The van der Waals surface area contributed by atoms with Gasteiger partial charge in [-0.05, 0) is 12.1 Å². The van der Waals surface area contributed by atoms with Crippen LogP contribution in [0.2, 0.25) is 0 Å². The van der Waals surface area contributed by atoms with Gasteiger partial charge >= 0.3 is 0 Å². The number of carbonyl (C=O) groups is 3. The molecular weight excluding hydrogens is 243 g/mol. The van der Waals surface area contributed by atoms with Crippen molar-refractivity contribution < 1.29 is 23.9 Å². The molecule has 0 radical (unpaired) electrons. The Kier molecular flexibility index (Phi) is 2.97. The van der Waals surface area contributed by atoms with Gasteiger partial charge < -0.3 is 10.0 Å². The second-order valence-electron chi connectivity index (χ2n) is 3.79. The van der Waals surface area contributed by atoms with Crippen LogP contribution in [0.5, 0.6) is 5.75 Å². The van der Waals surface area contributed by atoms with Gasteiger partial charge in [-0.25, -0.2) is 4.39 Å². The lowest BCUT2D eigenvalue weighted by Crippen LogP contribution is -2.53. The van der Waals surface area contributed by atoms with E-state index in [1.165, 1.54) is 0 Å². The van der Waals surface area contributed by atoms with Gasteiger partial charge in [0.05, 0.1) is 5.56 Å². The molecule has 2 N–H and O–H groups in total. The molecular formula is C11H9FN2O4. The first-order valence-electron chi connectivity index (χ1n) is 5.08. The number of carbonyl (C=O) groups excluding carboxylic acids is 3. The van der Waals surface area contributed by atoms with E-state index < -0.39 is 29.3 Å². The van der Waals surface area contributed by atoms with Gasteiger partial charge in [-0.1, -0.05) is 0 Å². The minimum absolute atomic E-state index is 0.154. The predicted molar refractivity (Wildman–Crippen MR) is 57.1 cm³/mol. The third kappa shape index (κ3) is 2.29. The number of halogens is 1. The molecule has 1 heterocycles. The van der Waals surface area contributed by atoms with Crippen molar-refractivity contribution in [2.45, 2.75) is 0 Å². The van der Waals surface area contributed by atoms with Crippen LogP contribution in [0, 0.1) is 5.82 Å². The number of benzene rings is 1. The second-order valence-corrected chi connectivity index (χ2v) is 3.79. The molecule has 0 aromatic heterocycles. The van der Waals surface area contributed by atoms with E-state index in [0.29, 0.717) is 0 Å². The van der Waals surface area contributed by atoms with E-state index in [1.54, 1.807) is 0 Å². The monoisotopic (exact) mass is 252 g/mol. The normalized spacial score (nSPS) is 15.5. The molecule has 0 bridgehead atoms. The van der Waals surface area contributed by atoms with Crippen molar-refractivity contribution in [3.8, 4) is 5.75 Å². The molecule has 0 spiro atoms. The lowest BCUT2D eigenvalue weighted by molar-refractivity contribution is -0.135. The van der Waals surface area contributed by atoms with E-state index in [1.807, 2.05) is 5.32 Å². The lowest BCUT2D eigenvalue weighted by atomic mass is 10.1. The third-order valence-electron chi connectivity index (χ3n) is 2.43. The van der Waals surface area contributed by atoms with Crippen LogP contribution in [0.15, 0.2) is 18.2 Å². The molecule has 94 valence electrons. The number of amides is 3. The summed E-state index contributed by atoms with van der Waals surface area (Å²) in [4.78, 5) is 35.1. The molecule has 0 saturated carbocycles. The molecule has 1 aromatic rings. The Morgan fingerprint density at radius 2 is 1.89 bits per heavy atom. The Balaban J connectivity index is 2.25. The van der Waals surface area contributed by atoms with Gasteiger partial charge in [-0.2, -0.15) is 0 Å². The minimum Gasteiger partial charge on any atom is -0.507 e. The van der Waals surface area contributed by atoms with E-state index in [2.05, 4.69) is 0 Å². The maximum atomic E-state index is 12.8. The fourth-order valence-electron chi connectivity index (χ4n) is 1.64. The van der Waals surface area contributed by atoms with Crippen LogP contribution >= 0.6 is 0 Å². The first-order chi connectivity index (χ1) is 8.47. The SMILES string of the molecule is O=C1CN(C(=O)c2ccc(F)cc2O)CC(=O)N1. The summed E-state index contributed by atoms with van der Waals surface area (Å²) >= 11 is 0. The summed E-state index contributed by atoms with van der Waals surface area (Å²) in [5, 5.41) is 11.5. The molecule has 1 aliphatic heterocycles. The first kappa shape index (κ1) is 12.0. The number of imide groups is 1. The van der Waals surface area contributed by atoms with Gasteiger partial charge in [0, 0.05) is 6.07 Å². The summed E-state index contributed by atoms with van der Waals surface area (Å²) in [5.41, 5.74) is -0.154. The van der Waals surface area contributed by atoms with Gasteiger partial charge in [-0.15, -0.1) is 0 Å². The van der Waals surface area contributed by atoms with E-state index in [9.17, 15) is 23.9 Å². The smallest absolute Gasteiger partial charge is 0.258 e. The molecule has 0 unspecified atom stereocenters. The topological polar surface area (TPSA) is 86.7 Å². The number of rotatable bonds is 1. The van der Waals surface area contributed by atoms with Crippen molar-refractivity contribution in [2.75, 3.05) is 13.1 Å². The number of phenolic OH excluding ortho intramolecular Hbond substituents is 1. The van der Waals surface area contributed by atoms with Gasteiger partial charge in [0.25, 0.3) is 5.91 Å². The molecule has 6 nitrogen and oxygen atoms in total. The van der Waals surface area contributed by atoms with Crippen molar-refractivity contribution in [1.82, 2.24) is 10.2 Å². The zero-order chi connectivity index (χ0) is 13.3. The van der Waals surface area contributed by atoms with E-state index in [-0.39, 0.29) is 18.7 Å². The van der Waals surface area contributed by atoms with E-state index in [0.717, 1.165) is 23.1 Å². The molecule has 2 rings (SSSR count). The number of phenols is 1. The molecule has 0 atom stereocenters. The molecule has 1 aromatic carbocycles. The number of nitrogens with zero attached hydrogens (tertiary/aromatic N) is 1. The largest absolute Gasteiger partial charge is 0.507 e. The Hall–Kier alpha value is -2.44. The van der Waals surface area contributed by atoms with Crippen molar-refractivity contribution in [3.63, 3.8) is 0 Å². The van der Waals surface area contributed by atoms with Crippen molar-refractivity contribution in [1.29, 1.82) is 0 Å². The third-order valence-corrected chi connectivity index (χ3v) is 2.43. The Bertz CT molecular complexity index is 528. The molecule has 0 aliphatic carbocycles. The van der Waals surface area contributed by atoms with Crippen LogP contribution < -0.4 is 5.32 Å². The molecule has 7 heteroatoms. The summed E-state index contributed by atoms with van der Waals surface area (Å²) in [5.74, 6) is -3.10. The number of aromatic hydroxyl groups is 1. The molecule has 1 aliphatic rings. The lowest BCUT2D eigenvalue weighted by Gasteiger charge is -2.25. The highest BCUT2D eigenvalue weighted by Crippen LogP contribution is 2.20. The van der Waals surface area contributed by atoms with E-state index in [4.69, 9.17) is 0 Å². The zero-order valence-electron chi connectivity index (χ0n) is 9.14. The predicted octanol–water partition coefficient (Wildman–Crippen LogP) is -0.370. The molecule has 1 saturated heterocycles. The van der Waals surface area contributed by atoms with Crippen molar-refractivity contribution >= 4 is 17.7 Å². The van der Waals surface area contributed by atoms with Crippen molar-refractivity contribution in [2.24, 2.45) is 0 Å². The summed E-state index contributed by atoms with van der Waals surface area (Å²) in [6, 6.07) is 2.90. The Labute approximate surface area is 101 Å². The van der Waals surface area contributed by atoms with Crippen LogP contribution in [-0.2, 0) is 9.59 Å². The summed E-state index contributed by atoms with van der Waals surface area (Å²) in [6.45, 7) is -0.553. The highest BCUT2D eigenvalue weighted by molar-refractivity contribution is 6.06. The number of piperazine rings is 1. The molecule has 1 fully saturated rings. The second kappa shape index (κ2) is 4.44. The van der Waals surface area contributed by atoms with Gasteiger partial charge in [0.1, 0.15) is 24.7 Å². The number of hydrogen-bond acceptors (Lipinski definition) is 4. The average Bonchev–Trinajstić information content (AvgIpc) is 2.26. The maximum absolute atomic E-state index is 12.8. The van der Waals surface area contributed by atoms with Gasteiger partial charge in [0.15, 0.2) is 0 Å². The van der Waals surface area contributed by atoms with Gasteiger partial charge in [-0.3, -0.25) is 19.7 Å². The standard InChI is InChI=1S/C11H9FN2O4/c12-6-1-2-7(8(15)3-6)11(18)14-4-9(16)13-10(17)5-14/h1-3,15H,4-5H2,(H,13,16,17). The Morgan fingerprint density at radius 1 is 1.28 bits per heavy atom. The summed E-state index contributed by atoms with van der Waals surface area (Å²) in [6.07, 6.45) is 0. The quantitative estimate of drug-likeness (QED) is 0.668. The Morgan fingerprint density at radius 3 is 2.44 bits per heavy atom. The van der Waals surface area contributed by atoms with Crippen molar-refractivity contribution in [3.05, 3.63) is 29.6 Å².